The first kappa shape index (κ1) is 9.70. The Balaban J connectivity index is 2.40. The molecule has 1 heterocycles. The minimum Gasteiger partial charge on any atom is -0.478 e. The summed E-state index contributed by atoms with van der Waals surface area (Å²) in [6, 6.07) is 5.66. The lowest BCUT2D eigenvalue weighted by atomic mass is 10.2. The summed E-state index contributed by atoms with van der Waals surface area (Å²) >= 11 is 0. The monoisotopic (exact) mass is 216 g/mol. The zero-order chi connectivity index (χ0) is 11.1. The van der Waals surface area contributed by atoms with Crippen LogP contribution in [0.5, 0.6) is 11.5 Å². The molecule has 0 bridgehead atoms. The van der Waals surface area contributed by atoms with E-state index >= 15 is 0 Å². The number of hydrogen-bond donors (Lipinski definition) is 1. The van der Waals surface area contributed by atoms with Crippen molar-refractivity contribution in [3.8, 4) is 11.5 Å². The molecule has 0 spiro atoms. The zero-order valence-corrected chi connectivity index (χ0v) is 7.31. The number of alkyl halides is 2. The Morgan fingerprint density at radius 2 is 1.93 bits per heavy atom. The van der Waals surface area contributed by atoms with Gasteiger partial charge in [-0.2, -0.15) is 8.78 Å². The van der Waals surface area contributed by atoms with E-state index in [1.54, 1.807) is 0 Å². The van der Waals surface area contributed by atoms with E-state index in [1.807, 2.05) is 0 Å². The molecule has 0 radical (unpaired) electrons. The van der Waals surface area contributed by atoms with Crippen LogP contribution in [0.15, 0.2) is 24.3 Å². The summed E-state index contributed by atoms with van der Waals surface area (Å²) in [6.07, 6.45) is -6.17. The van der Waals surface area contributed by atoms with Crippen LogP contribution in [0.4, 0.5) is 8.78 Å². The van der Waals surface area contributed by atoms with Gasteiger partial charge in [0, 0.05) is 0 Å². The molecule has 1 aromatic rings. The second-order valence-electron chi connectivity index (χ2n) is 2.95. The molecular formula is C9H6F2O4. The van der Waals surface area contributed by atoms with Crippen molar-refractivity contribution in [2.24, 2.45) is 0 Å². The van der Waals surface area contributed by atoms with Gasteiger partial charge < -0.3 is 14.6 Å². The number of fused-ring (bicyclic) bond motifs is 1. The molecule has 6 heteroatoms. The lowest BCUT2D eigenvalue weighted by molar-refractivity contribution is -0.247. The van der Waals surface area contributed by atoms with E-state index in [1.165, 1.54) is 24.3 Å². The van der Waals surface area contributed by atoms with Gasteiger partial charge in [-0.1, -0.05) is 12.1 Å². The van der Waals surface area contributed by atoms with Gasteiger partial charge in [-0.3, -0.25) is 0 Å². The molecule has 0 fully saturated rings. The van der Waals surface area contributed by atoms with Crippen molar-refractivity contribution in [1.29, 1.82) is 0 Å². The van der Waals surface area contributed by atoms with E-state index in [0.29, 0.717) is 0 Å². The Bertz CT molecular complexity index is 405. The number of carboxylic acid groups (broad SMARTS) is 1. The average Bonchev–Trinajstić information content (AvgIpc) is 2.14. The molecule has 1 atom stereocenters. The van der Waals surface area contributed by atoms with Crippen LogP contribution in [-0.4, -0.2) is 23.3 Å². The predicted octanol–water partition coefficient (Wildman–Crippen LogP) is 1.50. The topological polar surface area (TPSA) is 55.8 Å². The van der Waals surface area contributed by atoms with Gasteiger partial charge in [-0.15, -0.1) is 0 Å². The Kier molecular flexibility index (Phi) is 1.99. The van der Waals surface area contributed by atoms with E-state index in [2.05, 4.69) is 9.47 Å². The summed E-state index contributed by atoms with van der Waals surface area (Å²) < 4.78 is 35.0. The van der Waals surface area contributed by atoms with Crippen LogP contribution in [0, 0.1) is 0 Å². The van der Waals surface area contributed by atoms with Crippen molar-refractivity contribution in [2.45, 2.75) is 12.2 Å². The molecule has 0 aromatic heterocycles. The van der Waals surface area contributed by atoms with Gasteiger partial charge in [0.1, 0.15) is 0 Å². The largest absolute Gasteiger partial charge is 0.478 e. The second-order valence-corrected chi connectivity index (χ2v) is 2.95. The van der Waals surface area contributed by atoms with Crippen molar-refractivity contribution in [3.05, 3.63) is 24.3 Å². The molecule has 0 saturated heterocycles. The smallest absolute Gasteiger partial charge is 0.447 e. The fourth-order valence-corrected chi connectivity index (χ4v) is 1.22. The molecule has 4 nitrogen and oxygen atoms in total. The molecule has 1 aliphatic heterocycles. The van der Waals surface area contributed by atoms with Crippen LogP contribution in [0.1, 0.15) is 0 Å². The molecule has 0 amide bonds. The molecular weight excluding hydrogens is 210 g/mol. The minimum absolute atomic E-state index is 0.00387. The summed E-state index contributed by atoms with van der Waals surface area (Å²) in [5.41, 5.74) is 0. The first-order valence-corrected chi connectivity index (χ1v) is 4.06. The van der Waals surface area contributed by atoms with Gasteiger partial charge in [-0.05, 0) is 12.1 Å². The summed E-state index contributed by atoms with van der Waals surface area (Å²) in [5.74, 6) is -1.94. The number of aliphatic carboxylic acids is 1. The first-order valence-electron chi connectivity index (χ1n) is 4.06. The van der Waals surface area contributed by atoms with Crippen LogP contribution < -0.4 is 9.47 Å². The molecule has 15 heavy (non-hydrogen) atoms. The molecule has 0 aliphatic carbocycles. The first-order chi connectivity index (χ1) is 7.00. The third-order valence-electron chi connectivity index (χ3n) is 1.87. The van der Waals surface area contributed by atoms with Gasteiger partial charge >= 0.3 is 12.1 Å². The third kappa shape index (κ3) is 1.58. The average molecular weight is 216 g/mol. The van der Waals surface area contributed by atoms with E-state index in [0.717, 1.165) is 0 Å². The SMILES string of the molecule is O=C(O)C1Oc2ccccc2OC1(F)F. The number of benzene rings is 1. The Morgan fingerprint density at radius 3 is 2.53 bits per heavy atom. The standard InChI is InChI=1S/C9H6F2O4/c10-9(11)7(8(12)13)14-5-3-1-2-4-6(5)15-9/h1-4,7H,(H,12,13). The Morgan fingerprint density at radius 1 is 1.33 bits per heavy atom. The number of carboxylic acids is 1. The summed E-state index contributed by atoms with van der Waals surface area (Å²) in [4.78, 5) is 10.5. The van der Waals surface area contributed by atoms with Crippen LogP contribution in [-0.2, 0) is 4.79 Å². The van der Waals surface area contributed by atoms with Crippen molar-refractivity contribution >= 4 is 5.97 Å². The van der Waals surface area contributed by atoms with Crippen LogP contribution in [0.25, 0.3) is 0 Å². The van der Waals surface area contributed by atoms with Crippen molar-refractivity contribution < 1.29 is 28.2 Å². The Labute approximate surface area is 83.0 Å². The number of hydrogen-bond acceptors (Lipinski definition) is 3. The Hall–Kier alpha value is -1.85. The minimum atomic E-state index is -3.86. The zero-order valence-electron chi connectivity index (χ0n) is 7.31. The second kappa shape index (κ2) is 3.08. The molecule has 2 rings (SSSR count). The molecule has 1 aromatic carbocycles. The van der Waals surface area contributed by atoms with Crippen LogP contribution >= 0.6 is 0 Å². The number of halogens is 2. The quantitative estimate of drug-likeness (QED) is 0.772. The third-order valence-corrected chi connectivity index (χ3v) is 1.87. The van der Waals surface area contributed by atoms with Gasteiger partial charge in [0.2, 0.25) is 0 Å². The normalized spacial score (nSPS) is 22.1. The summed E-state index contributed by atoms with van der Waals surface area (Å²) in [6.45, 7) is 0. The maximum atomic E-state index is 13.1. The number of carbonyl (C=O) groups is 1. The van der Waals surface area contributed by atoms with Crippen LogP contribution in [0.3, 0.4) is 0 Å². The predicted molar refractivity (Wildman–Crippen MR) is 44.1 cm³/mol. The van der Waals surface area contributed by atoms with E-state index < -0.39 is 18.2 Å². The molecule has 0 saturated carbocycles. The summed E-state index contributed by atoms with van der Waals surface area (Å²) in [7, 11) is 0. The van der Waals surface area contributed by atoms with Crippen LogP contribution in [0.2, 0.25) is 0 Å². The number of para-hydroxylation sites is 2. The fourth-order valence-electron chi connectivity index (χ4n) is 1.22. The number of ether oxygens (including phenoxy) is 2. The van der Waals surface area contributed by atoms with E-state index in [4.69, 9.17) is 5.11 Å². The van der Waals surface area contributed by atoms with Crippen molar-refractivity contribution in [1.82, 2.24) is 0 Å². The highest BCUT2D eigenvalue weighted by molar-refractivity contribution is 5.74. The molecule has 1 unspecified atom stereocenters. The van der Waals surface area contributed by atoms with Gasteiger partial charge in [0.25, 0.3) is 6.10 Å². The highest BCUT2D eigenvalue weighted by atomic mass is 19.3. The van der Waals surface area contributed by atoms with Gasteiger partial charge in [-0.25, -0.2) is 4.79 Å². The van der Waals surface area contributed by atoms with Gasteiger partial charge in [0.15, 0.2) is 11.5 Å². The fraction of sp³-hybridized carbons (Fsp3) is 0.222. The van der Waals surface area contributed by atoms with Crippen molar-refractivity contribution in [2.75, 3.05) is 0 Å². The van der Waals surface area contributed by atoms with E-state index in [-0.39, 0.29) is 11.5 Å². The molecule has 1 aliphatic rings. The maximum Gasteiger partial charge on any atom is 0.447 e. The molecule has 1 N–H and O–H groups in total. The highest BCUT2D eigenvalue weighted by Crippen LogP contribution is 2.39. The lowest BCUT2D eigenvalue weighted by Gasteiger charge is -2.30. The molecule has 80 valence electrons. The van der Waals surface area contributed by atoms with E-state index in [9.17, 15) is 13.6 Å². The highest BCUT2D eigenvalue weighted by Gasteiger charge is 2.53. The van der Waals surface area contributed by atoms with Crippen molar-refractivity contribution in [3.63, 3.8) is 0 Å². The lowest BCUT2D eigenvalue weighted by Crippen LogP contribution is -2.50. The maximum absolute atomic E-state index is 13.1. The summed E-state index contributed by atoms with van der Waals surface area (Å²) in [5, 5.41) is 8.51. The number of rotatable bonds is 1. The van der Waals surface area contributed by atoms with Gasteiger partial charge in [0.05, 0.1) is 0 Å².